The van der Waals surface area contributed by atoms with E-state index in [1.54, 1.807) is 0 Å². The SMILES string of the molecule is CC(C)N1CC[C@H]2CC(=O)N3CCN(C4CCOCC4)C[C@H]3COc3ccc(C(F)(F)F)cc3C(=O)NCC[C@H]2C1. The first-order chi connectivity index (χ1) is 19.6. The predicted molar refractivity (Wildman–Crippen MR) is 148 cm³/mol. The molecule has 11 heteroatoms. The molecule has 3 saturated heterocycles. The number of nitrogens with one attached hydrogen (secondary N) is 1. The first-order valence-corrected chi connectivity index (χ1v) is 15.1. The summed E-state index contributed by atoms with van der Waals surface area (Å²) in [4.78, 5) is 33.8. The topological polar surface area (TPSA) is 74.4 Å². The molecule has 4 heterocycles. The number of amides is 2. The van der Waals surface area contributed by atoms with Gasteiger partial charge in [-0.1, -0.05) is 0 Å². The van der Waals surface area contributed by atoms with Crippen LogP contribution in [-0.2, 0) is 15.7 Å². The lowest BCUT2D eigenvalue weighted by Crippen LogP contribution is -2.60. The minimum atomic E-state index is -4.58. The third kappa shape index (κ3) is 7.17. The number of piperazine rings is 1. The van der Waals surface area contributed by atoms with Gasteiger partial charge >= 0.3 is 6.18 Å². The van der Waals surface area contributed by atoms with E-state index in [1.807, 2.05) is 4.90 Å². The van der Waals surface area contributed by atoms with Crippen LogP contribution >= 0.6 is 0 Å². The Morgan fingerprint density at radius 1 is 0.951 bits per heavy atom. The molecule has 3 fully saturated rings. The van der Waals surface area contributed by atoms with E-state index in [1.165, 1.54) is 6.07 Å². The molecule has 1 N–H and O–H groups in total. The molecule has 0 aromatic heterocycles. The molecule has 4 aliphatic rings. The Balaban J connectivity index is 1.43. The summed E-state index contributed by atoms with van der Waals surface area (Å²) in [6.45, 7) is 9.91. The Morgan fingerprint density at radius 3 is 2.46 bits per heavy atom. The molecule has 0 unspecified atom stereocenters. The van der Waals surface area contributed by atoms with Gasteiger partial charge < -0.3 is 24.6 Å². The number of ether oxygens (including phenoxy) is 2. The van der Waals surface area contributed by atoms with E-state index < -0.39 is 17.6 Å². The molecule has 5 rings (SSSR count). The van der Waals surface area contributed by atoms with E-state index in [-0.39, 0.29) is 41.7 Å². The zero-order valence-corrected chi connectivity index (χ0v) is 24.1. The van der Waals surface area contributed by atoms with Crippen LogP contribution in [-0.4, -0.2) is 104 Å². The van der Waals surface area contributed by atoms with E-state index in [0.717, 1.165) is 51.0 Å². The summed E-state index contributed by atoms with van der Waals surface area (Å²) in [6, 6.07) is 3.52. The fourth-order valence-corrected chi connectivity index (χ4v) is 6.91. The van der Waals surface area contributed by atoms with Crippen LogP contribution in [0.2, 0.25) is 0 Å². The number of likely N-dealkylation sites (tertiary alicyclic amines) is 1. The fourth-order valence-electron chi connectivity index (χ4n) is 6.91. The summed E-state index contributed by atoms with van der Waals surface area (Å²) in [5.41, 5.74) is -1.02. The summed E-state index contributed by atoms with van der Waals surface area (Å²) in [5.74, 6) is 0.0439. The fraction of sp³-hybridized carbons (Fsp3) is 0.733. The van der Waals surface area contributed by atoms with Gasteiger partial charge in [-0.2, -0.15) is 13.2 Å². The molecule has 4 aliphatic heterocycles. The number of fused-ring (bicyclic) bond motifs is 3. The van der Waals surface area contributed by atoms with Crippen molar-refractivity contribution in [3.05, 3.63) is 29.3 Å². The monoisotopic (exact) mass is 580 g/mol. The van der Waals surface area contributed by atoms with Crippen molar-refractivity contribution in [3.8, 4) is 5.75 Å². The predicted octanol–water partition coefficient (Wildman–Crippen LogP) is 3.65. The second-order valence-corrected chi connectivity index (χ2v) is 12.2. The largest absolute Gasteiger partial charge is 0.491 e. The second kappa shape index (κ2) is 12.9. The molecule has 0 spiro atoms. The van der Waals surface area contributed by atoms with E-state index >= 15 is 0 Å². The Morgan fingerprint density at radius 2 is 1.73 bits per heavy atom. The zero-order valence-electron chi connectivity index (χ0n) is 24.1. The van der Waals surface area contributed by atoms with E-state index in [4.69, 9.17) is 9.47 Å². The number of piperidine rings is 1. The first-order valence-electron chi connectivity index (χ1n) is 15.1. The molecule has 0 saturated carbocycles. The first kappa shape index (κ1) is 30.1. The van der Waals surface area contributed by atoms with Crippen molar-refractivity contribution in [1.82, 2.24) is 20.0 Å². The maximum Gasteiger partial charge on any atom is 0.416 e. The van der Waals surface area contributed by atoms with Gasteiger partial charge in [-0.05, 0) is 76.1 Å². The summed E-state index contributed by atoms with van der Waals surface area (Å²) in [7, 11) is 0. The standard InChI is InChI=1S/C30H43F3N4O4/c1-20(2)35-10-6-21-15-28(38)37-12-11-36(24-7-13-40-14-8-24)18-25(37)19-41-27-4-3-23(30(31,32)33)16-26(27)29(39)34-9-5-22(21)17-35/h3-4,16,20-22,24-25H,5-15,17-19H2,1-2H3,(H,34,39)/t21-,22-,25-/m0/s1. The van der Waals surface area contributed by atoms with Gasteiger partial charge in [0.25, 0.3) is 5.91 Å². The average molecular weight is 581 g/mol. The number of hydrogen-bond acceptors (Lipinski definition) is 6. The second-order valence-electron chi connectivity index (χ2n) is 12.2. The third-order valence-electron chi connectivity index (χ3n) is 9.42. The highest BCUT2D eigenvalue weighted by atomic mass is 19.4. The lowest BCUT2D eigenvalue weighted by atomic mass is 9.80. The molecule has 41 heavy (non-hydrogen) atoms. The third-order valence-corrected chi connectivity index (χ3v) is 9.42. The van der Waals surface area contributed by atoms with Crippen molar-refractivity contribution < 1.29 is 32.2 Å². The van der Waals surface area contributed by atoms with Crippen molar-refractivity contribution in [2.75, 3.05) is 59.1 Å². The van der Waals surface area contributed by atoms with Crippen LogP contribution in [0.3, 0.4) is 0 Å². The number of carbonyl (C=O) groups is 2. The molecule has 2 amide bonds. The summed E-state index contributed by atoms with van der Waals surface area (Å²) < 4.78 is 52.3. The molecule has 3 atom stereocenters. The van der Waals surface area contributed by atoms with Gasteiger partial charge in [0.1, 0.15) is 12.4 Å². The molecule has 1 aromatic rings. The van der Waals surface area contributed by atoms with Crippen LogP contribution in [0.4, 0.5) is 13.2 Å². The lowest BCUT2D eigenvalue weighted by Gasteiger charge is -2.46. The number of rotatable bonds is 2. The quantitative estimate of drug-likeness (QED) is 0.576. The van der Waals surface area contributed by atoms with Crippen LogP contribution in [0.25, 0.3) is 0 Å². The van der Waals surface area contributed by atoms with Crippen LogP contribution < -0.4 is 10.1 Å². The van der Waals surface area contributed by atoms with Gasteiger partial charge in [-0.15, -0.1) is 0 Å². The number of hydrogen-bond donors (Lipinski definition) is 1. The number of benzene rings is 1. The van der Waals surface area contributed by atoms with Crippen LogP contribution in [0.15, 0.2) is 18.2 Å². The smallest absolute Gasteiger partial charge is 0.416 e. The Kier molecular flexibility index (Phi) is 9.45. The maximum atomic E-state index is 13.8. The van der Waals surface area contributed by atoms with Crippen LogP contribution in [0.5, 0.6) is 5.75 Å². The van der Waals surface area contributed by atoms with Gasteiger partial charge in [-0.3, -0.25) is 14.5 Å². The summed E-state index contributed by atoms with van der Waals surface area (Å²) in [5, 5.41) is 2.85. The van der Waals surface area contributed by atoms with E-state index in [2.05, 4.69) is 29.0 Å². The molecule has 228 valence electrons. The molecule has 0 aliphatic carbocycles. The van der Waals surface area contributed by atoms with Gasteiger partial charge in [-0.25, -0.2) is 0 Å². The zero-order chi connectivity index (χ0) is 29.1. The molecular weight excluding hydrogens is 537 g/mol. The van der Waals surface area contributed by atoms with Crippen molar-refractivity contribution in [3.63, 3.8) is 0 Å². The van der Waals surface area contributed by atoms with Crippen molar-refractivity contribution in [1.29, 1.82) is 0 Å². The lowest BCUT2D eigenvalue weighted by molar-refractivity contribution is -0.140. The van der Waals surface area contributed by atoms with E-state index in [9.17, 15) is 22.8 Å². The van der Waals surface area contributed by atoms with Gasteiger partial charge in [0.05, 0.1) is 17.2 Å². The summed E-state index contributed by atoms with van der Waals surface area (Å²) >= 11 is 0. The van der Waals surface area contributed by atoms with Crippen LogP contribution in [0.1, 0.15) is 61.9 Å². The number of nitrogens with zero attached hydrogens (tertiary/aromatic N) is 3. The van der Waals surface area contributed by atoms with E-state index in [0.29, 0.717) is 57.8 Å². The highest BCUT2D eigenvalue weighted by molar-refractivity contribution is 5.97. The Labute approximate surface area is 240 Å². The number of carbonyl (C=O) groups excluding carboxylic acids is 2. The molecule has 0 radical (unpaired) electrons. The Bertz CT molecular complexity index is 1080. The number of alkyl halides is 3. The highest BCUT2D eigenvalue weighted by Gasteiger charge is 2.38. The van der Waals surface area contributed by atoms with Crippen molar-refractivity contribution >= 4 is 11.8 Å². The molecule has 8 nitrogen and oxygen atoms in total. The normalized spacial score (nSPS) is 28.2. The highest BCUT2D eigenvalue weighted by Crippen LogP contribution is 2.34. The van der Waals surface area contributed by atoms with Gasteiger partial charge in [0.2, 0.25) is 5.91 Å². The van der Waals surface area contributed by atoms with Crippen molar-refractivity contribution in [2.24, 2.45) is 11.8 Å². The minimum Gasteiger partial charge on any atom is -0.491 e. The van der Waals surface area contributed by atoms with Gasteiger partial charge in [0.15, 0.2) is 0 Å². The van der Waals surface area contributed by atoms with Gasteiger partial charge in [0, 0.05) is 64.4 Å². The molecule has 0 bridgehead atoms. The van der Waals surface area contributed by atoms with Crippen LogP contribution in [0, 0.1) is 11.8 Å². The minimum absolute atomic E-state index is 0.102. The molecular formula is C30H43F3N4O4. The molecule has 1 aromatic carbocycles. The average Bonchev–Trinajstić information content (AvgIpc) is 2.96. The maximum absolute atomic E-state index is 13.8. The Hall–Kier alpha value is -2.37. The number of halogens is 3. The van der Waals surface area contributed by atoms with Crippen molar-refractivity contribution in [2.45, 2.75) is 70.3 Å². The summed E-state index contributed by atoms with van der Waals surface area (Å²) in [6.07, 6.45) is -0.696.